The van der Waals surface area contributed by atoms with Crippen LogP contribution >= 0.6 is 15.9 Å². The van der Waals surface area contributed by atoms with E-state index < -0.39 is 33.7 Å². The van der Waals surface area contributed by atoms with Crippen LogP contribution in [0.5, 0.6) is 0 Å². The van der Waals surface area contributed by atoms with Gasteiger partial charge in [-0.2, -0.15) is 17.9 Å². The number of halogens is 4. The SMILES string of the molecule is O=C(Nc1cccc(C(F)(F)F)c1)[C@H](Cc1ccccc1)NS(=O)(=O)c1ccc(Br)cc1. The van der Waals surface area contributed by atoms with Gasteiger partial charge in [0.1, 0.15) is 6.04 Å². The monoisotopic (exact) mass is 526 g/mol. The van der Waals surface area contributed by atoms with Gasteiger partial charge in [-0.3, -0.25) is 4.79 Å². The lowest BCUT2D eigenvalue weighted by Gasteiger charge is -2.19. The Morgan fingerprint density at radius 2 is 1.59 bits per heavy atom. The smallest absolute Gasteiger partial charge is 0.325 e. The zero-order valence-corrected chi connectivity index (χ0v) is 18.8. The van der Waals surface area contributed by atoms with Crippen molar-refractivity contribution >= 4 is 37.5 Å². The van der Waals surface area contributed by atoms with E-state index in [1.165, 1.54) is 18.2 Å². The lowest BCUT2D eigenvalue weighted by molar-refractivity contribution is -0.137. The average molecular weight is 527 g/mol. The van der Waals surface area contributed by atoms with Gasteiger partial charge in [0.15, 0.2) is 0 Å². The normalized spacial score (nSPS) is 12.9. The molecule has 1 amide bonds. The van der Waals surface area contributed by atoms with Crippen LogP contribution in [-0.2, 0) is 27.4 Å². The first-order valence-electron chi connectivity index (χ1n) is 9.34. The first-order chi connectivity index (χ1) is 15.0. The Morgan fingerprint density at radius 1 is 0.938 bits per heavy atom. The minimum Gasteiger partial charge on any atom is -0.325 e. The largest absolute Gasteiger partial charge is 0.416 e. The van der Waals surface area contributed by atoms with E-state index in [1.807, 2.05) is 0 Å². The Morgan fingerprint density at radius 3 is 2.22 bits per heavy atom. The average Bonchev–Trinajstić information content (AvgIpc) is 2.74. The highest BCUT2D eigenvalue weighted by atomic mass is 79.9. The van der Waals surface area contributed by atoms with Crippen molar-refractivity contribution in [3.63, 3.8) is 0 Å². The number of rotatable bonds is 7. The van der Waals surface area contributed by atoms with Crippen LogP contribution < -0.4 is 10.0 Å². The summed E-state index contributed by atoms with van der Waals surface area (Å²) in [5.41, 5.74) is -0.341. The summed E-state index contributed by atoms with van der Waals surface area (Å²) >= 11 is 3.23. The van der Waals surface area contributed by atoms with E-state index in [2.05, 4.69) is 26.0 Å². The van der Waals surface area contributed by atoms with Gasteiger partial charge in [-0.15, -0.1) is 0 Å². The molecule has 0 radical (unpaired) electrons. The number of nitrogens with one attached hydrogen (secondary N) is 2. The molecule has 0 fully saturated rings. The van der Waals surface area contributed by atoms with Crippen molar-refractivity contribution in [1.29, 1.82) is 0 Å². The quantitative estimate of drug-likeness (QED) is 0.455. The van der Waals surface area contributed by atoms with Gasteiger partial charge in [0, 0.05) is 10.2 Å². The molecule has 10 heteroatoms. The van der Waals surface area contributed by atoms with Gasteiger partial charge in [-0.1, -0.05) is 52.3 Å². The Balaban J connectivity index is 1.87. The molecule has 0 heterocycles. The van der Waals surface area contributed by atoms with Crippen LogP contribution in [0.15, 0.2) is 88.2 Å². The van der Waals surface area contributed by atoms with Crippen molar-refractivity contribution in [3.05, 3.63) is 94.5 Å². The molecular formula is C22H18BrF3N2O3S. The van der Waals surface area contributed by atoms with E-state index in [4.69, 9.17) is 0 Å². The lowest BCUT2D eigenvalue weighted by Crippen LogP contribution is -2.45. The number of benzene rings is 3. The van der Waals surface area contributed by atoms with E-state index in [0.717, 1.165) is 18.2 Å². The lowest BCUT2D eigenvalue weighted by atomic mass is 10.1. The summed E-state index contributed by atoms with van der Waals surface area (Å²) in [6, 6.07) is 17.4. The zero-order chi connectivity index (χ0) is 23.4. The number of carbonyl (C=O) groups excluding carboxylic acids is 1. The third kappa shape index (κ3) is 6.41. The molecule has 32 heavy (non-hydrogen) atoms. The number of hydrogen-bond acceptors (Lipinski definition) is 3. The molecule has 0 aliphatic carbocycles. The summed E-state index contributed by atoms with van der Waals surface area (Å²) in [5.74, 6) is -0.783. The van der Waals surface area contributed by atoms with Gasteiger partial charge < -0.3 is 5.32 Å². The molecule has 0 spiro atoms. The van der Waals surface area contributed by atoms with Crippen LogP contribution in [0.4, 0.5) is 18.9 Å². The highest BCUT2D eigenvalue weighted by Gasteiger charge is 2.31. The van der Waals surface area contributed by atoms with Crippen molar-refractivity contribution < 1.29 is 26.4 Å². The summed E-state index contributed by atoms with van der Waals surface area (Å²) in [7, 11) is -4.08. The van der Waals surface area contributed by atoms with Gasteiger partial charge in [0.25, 0.3) is 0 Å². The van der Waals surface area contributed by atoms with E-state index in [9.17, 15) is 26.4 Å². The van der Waals surface area contributed by atoms with Crippen molar-refractivity contribution in [2.45, 2.75) is 23.5 Å². The summed E-state index contributed by atoms with van der Waals surface area (Å²) < 4.78 is 67.7. The molecule has 0 bridgehead atoms. The maximum absolute atomic E-state index is 13.0. The number of anilines is 1. The third-order valence-corrected chi connectivity index (χ3v) is 6.49. The molecule has 0 aromatic heterocycles. The van der Waals surface area contributed by atoms with E-state index in [1.54, 1.807) is 42.5 Å². The van der Waals surface area contributed by atoms with E-state index >= 15 is 0 Å². The predicted octanol–water partition coefficient (Wildman–Crippen LogP) is 5.00. The van der Waals surface area contributed by atoms with Crippen molar-refractivity contribution in [1.82, 2.24) is 4.72 Å². The van der Waals surface area contributed by atoms with Crippen molar-refractivity contribution in [2.24, 2.45) is 0 Å². The molecule has 0 saturated heterocycles. The maximum Gasteiger partial charge on any atom is 0.416 e. The van der Waals surface area contributed by atoms with Gasteiger partial charge in [0.2, 0.25) is 15.9 Å². The number of hydrogen-bond donors (Lipinski definition) is 2. The fourth-order valence-electron chi connectivity index (χ4n) is 2.91. The van der Waals surface area contributed by atoms with Gasteiger partial charge in [-0.05, 0) is 54.4 Å². The number of carbonyl (C=O) groups is 1. The summed E-state index contributed by atoms with van der Waals surface area (Å²) in [4.78, 5) is 12.9. The number of sulfonamides is 1. The standard InChI is InChI=1S/C22H18BrF3N2O3S/c23-17-9-11-19(12-10-17)32(30,31)28-20(13-15-5-2-1-3-6-15)21(29)27-18-8-4-7-16(14-18)22(24,25)26/h1-12,14,20,28H,13H2,(H,27,29)/t20-/m0/s1. The molecule has 0 saturated carbocycles. The molecule has 3 aromatic carbocycles. The Kier molecular flexibility index (Phi) is 7.37. The van der Waals surface area contributed by atoms with Gasteiger partial charge in [-0.25, -0.2) is 8.42 Å². The fourth-order valence-corrected chi connectivity index (χ4v) is 4.37. The molecule has 5 nitrogen and oxygen atoms in total. The molecular weight excluding hydrogens is 509 g/mol. The number of amides is 1. The summed E-state index contributed by atoms with van der Waals surface area (Å²) in [5, 5.41) is 2.38. The topological polar surface area (TPSA) is 75.3 Å². The molecule has 168 valence electrons. The first kappa shape index (κ1) is 24.0. The van der Waals surface area contributed by atoms with Crippen LogP contribution in [0, 0.1) is 0 Å². The van der Waals surface area contributed by atoms with Gasteiger partial charge in [0.05, 0.1) is 10.5 Å². The fraction of sp³-hybridized carbons (Fsp3) is 0.136. The van der Waals surface area contributed by atoms with Gasteiger partial charge >= 0.3 is 6.18 Å². The summed E-state index contributed by atoms with van der Waals surface area (Å²) in [6.07, 6.45) is -4.57. The second-order valence-corrected chi connectivity index (χ2v) is 9.51. The molecule has 2 N–H and O–H groups in total. The zero-order valence-electron chi connectivity index (χ0n) is 16.4. The molecule has 0 aliphatic heterocycles. The van der Waals surface area contributed by atoms with Crippen LogP contribution in [0.3, 0.4) is 0 Å². The first-order valence-corrected chi connectivity index (χ1v) is 11.6. The van der Waals surface area contributed by atoms with Crippen LogP contribution in [0.2, 0.25) is 0 Å². The van der Waals surface area contributed by atoms with Crippen LogP contribution in [0.25, 0.3) is 0 Å². The highest BCUT2D eigenvalue weighted by Crippen LogP contribution is 2.30. The van der Waals surface area contributed by atoms with E-state index in [-0.39, 0.29) is 17.0 Å². The summed E-state index contributed by atoms with van der Waals surface area (Å²) in [6.45, 7) is 0. The van der Waals surface area contributed by atoms with Crippen molar-refractivity contribution in [2.75, 3.05) is 5.32 Å². The second-order valence-electron chi connectivity index (χ2n) is 6.89. The predicted molar refractivity (Wildman–Crippen MR) is 118 cm³/mol. The molecule has 0 aliphatic rings. The second kappa shape index (κ2) is 9.85. The Labute approximate surface area is 191 Å². The molecule has 3 rings (SSSR count). The Bertz CT molecular complexity index is 1190. The highest BCUT2D eigenvalue weighted by molar-refractivity contribution is 9.10. The van der Waals surface area contributed by atoms with E-state index in [0.29, 0.717) is 10.0 Å². The molecule has 0 unspecified atom stereocenters. The minimum absolute atomic E-state index is 0.00138. The van der Waals surface area contributed by atoms with Crippen molar-refractivity contribution in [3.8, 4) is 0 Å². The Hall–Kier alpha value is -2.69. The van der Waals surface area contributed by atoms with Crippen LogP contribution in [0.1, 0.15) is 11.1 Å². The van der Waals surface area contributed by atoms with Crippen LogP contribution in [-0.4, -0.2) is 20.4 Å². The minimum atomic E-state index is -4.58. The number of alkyl halides is 3. The third-order valence-electron chi connectivity index (χ3n) is 4.48. The molecule has 1 atom stereocenters. The molecule has 3 aromatic rings. The maximum atomic E-state index is 13.0.